The van der Waals surface area contributed by atoms with Crippen molar-refractivity contribution < 1.29 is 9.18 Å². The molecular formula is C14H17FOS2. The van der Waals surface area contributed by atoms with Crippen LogP contribution in [0, 0.1) is 19.7 Å². The van der Waals surface area contributed by atoms with E-state index in [1.807, 2.05) is 19.9 Å². The smallest absolute Gasteiger partial charge is 0.180 e. The number of Topliss-reactive ketones (excluding diaryl/α,β-unsaturated/α-hetero) is 1. The molecule has 1 aliphatic heterocycles. The van der Waals surface area contributed by atoms with E-state index in [1.165, 1.54) is 6.07 Å². The fourth-order valence-corrected chi connectivity index (χ4v) is 5.00. The minimum atomic E-state index is -0.374. The van der Waals surface area contributed by atoms with Gasteiger partial charge < -0.3 is 0 Å². The summed E-state index contributed by atoms with van der Waals surface area (Å²) < 4.78 is 14.0. The van der Waals surface area contributed by atoms with Gasteiger partial charge in [-0.15, -0.1) is 11.8 Å². The molecule has 1 aliphatic rings. The molecule has 1 aromatic rings. The zero-order valence-electron chi connectivity index (χ0n) is 10.8. The van der Waals surface area contributed by atoms with Gasteiger partial charge in [0.15, 0.2) is 5.78 Å². The summed E-state index contributed by atoms with van der Waals surface area (Å²) in [6, 6.07) is 3.33. The SMILES string of the molecule is Cc1cc(C)c(C(=O)C2SCCSC2C)c(F)c1. The molecule has 0 spiro atoms. The van der Waals surface area contributed by atoms with Crippen molar-refractivity contribution in [1.82, 2.24) is 0 Å². The maximum absolute atomic E-state index is 14.0. The van der Waals surface area contributed by atoms with Crippen molar-refractivity contribution in [3.63, 3.8) is 0 Å². The number of benzene rings is 1. The van der Waals surface area contributed by atoms with Gasteiger partial charge >= 0.3 is 0 Å². The summed E-state index contributed by atoms with van der Waals surface area (Å²) in [5, 5.41) is 0.149. The van der Waals surface area contributed by atoms with Crippen LogP contribution in [0.1, 0.15) is 28.4 Å². The first-order valence-electron chi connectivity index (χ1n) is 6.05. The molecule has 1 fully saturated rings. The maximum atomic E-state index is 14.0. The van der Waals surface area contributed by atoms with E-state index in [0.29, 0.717) is 0 Å². The number of hydrogen-bond acceptors (Lipinski definition) is 3. The van der Waals surface area contributed by atoms with Crippen LogP contribution in [0.5, 0.6) is 0 Å². The zero-order valence-corrected chi connectivity index (χ0v) is 12.5. The molecule has 4 heteroatoms. The number of carbonyl (C=O) groups is 1. The van der Waals surface area contributed by atoms with E-state index < -0.39 is 0 Å². The van der Waals surface area contributed by atoms with Crippen molar-refractivity contribution in [3.8, 4) is 0 Å². The monoisotopic (exact) mass is 284 g/mol. The molecular weight excluding hydrogens is 267 g/mol. The van der Waals surface area contributed by atoms with Crippen molar-refractivity contribution in [3.05, 3.63) is 34.6 Å². The maximum Gasteiger partial charge on any atom is 0.180 e. The third kappa shape index (κ3) is 2.75. The molecule has 0 aliphatic carbocycles. The Kier molecular flexibility index (Phi) is 4.38. The van der Waals surface area contributed by atoms with Gasteiger partial charge in [-0.25, -0.2) is 4.39 Å². The van der Waals surface area contributed by atoms with Crippen LogP contribution >= 0.6 is 23.5 Å². The normalized spacial score (nSPS) is 24.0. The highest BCUT2D eigenvalue weighted by Gasteiger charge is 2.32. The average Bonchev–Trinajstić information content (AvgIpc) is 2.27. The summed E-state index contributed by atoms with van der Waals surface area (Å²) in [6.07, 6.45) is 0. The summed E-state index contributed by atoms with van der Waals surface area (Å²) in [6.45, 7) is 5.72. The van der Waals surface area contributed by atoms with E-state index in [-0.39, 0.29) is 27.7 Å². The van der Waals surface area contributed by atoms with E-state index in [4.69, 9.17) is 0 Å². The van der Waals surface area contributed by atoms with Crippen LogP contribution in [0.2, 0.25) is 0 Å². The lowest BCUT2D eigenvalue weighted by atomic mass is 9.98. The zero-order chi connectivity index (χ0) is 13.3. The van der Waals surface area contributed by atoms with E-state index in [0.717, 1.165) is 22.6 Å². The summed E-state index contributed by atoms with van der Waals surface area (Å²) in [4.78, 5) is 12.5. The quantitative estimate of drug-likeness (QED) is 0.768. The molecule has 0 bridgehead atoms. The van der Waals surface area contributed by atoms with Gasteiger partial charge in [-0.3, -0.25) is 4.79 Å². The van der Waals surface area contributed by atoms with Crippen molar-refractivity contribution in [1.29, 1.82) is 0 Å². The minimum absolute atomic E-state index is 0.0466. The van der Waals surface area contributed by atoms with Gasteiger partial charge in [-0.2, -0.15) is 11.8 Å². The second-order valence-corrected chi connectivity index (χ2v) is 7.40. The number of hydrogen-bond donors (Lipinski definition) is 0. The Balaban J connectivity index is 2.33. The topological polar surface area (TPSA) is 17.1 Å². The number of halogens is 1. The summed E-state index contributed by atoms with van der Waals surface area (Å²) >= 11 is 3.46. The summed E-state index contributed by atoms with van der Waals surface area (Å²) in [5.41, 5.74) is 1.90. The molecule has 1 saturated heterocycles. The molecule has 18 heavy (non-hydrogen) atoms. The predicted molar refractivity (Wildman–Crippen MR) is 78.4 cm³/mol. The number of aryl methyl sites for hydroxylation is 2. The van der Waals surface area contributed by atoms with Crippen molar-refractivity contribution in [2.45, 2.75) is 31.3 Å². The number of carbonyl (C=O) groups excluding carboxylic acids is 1. The van der Waals surface area contributed by atoms with Gasteiger partial charge in [0.05, 0.1) is 10.8 Å². The molecule has 0 radical (unpaired) electrons. The number of rotatable bonds is 2. The van der Waals surface area contributed by atoms with Gasteiger partial charge in [0.1, 0.15) is 5.82 Å². The molecule has 0 aromatic heterocycles. The molecule has 0 saturated carbocycles. The number of thioether (sulfide) groups is 2. The van der Waals surface area contributed by atoms with Crippen LogP contribution in [0.3, 0.4) is 0 Å². The lowest BCUT2D eigenvalue weighted by molar-refractivity contribution is 0.0985. The Labute approximate surface area is 116 Å². The summed E-state index contributed by atoms with van der Waals surface area (Å²) in [7, 11) is 0. The van der Waals surface area contributed by atoms with Gasteiger partial charge in [-0.1, -0.05) is 13.0 Å². The first-order chi connectivity index (χ1) is 8.50. The lowest BCUT2D eigenvalue weighted by Gasteiger charge is -2.27. The molecule has 1 aromatic carbocycles. The van der Waals surface area contributed by atoms with Crippen LogP contribution in [-0.2, 0) is 0 Å². The first-order valence-corrected chi connectivity index (χ1v) is 8.14. The molecule has 1 heterocycles. The Hall–Kier alpha value is -0.480. The lowest BCUT2D eigenvalue weighted by Crippen LogP contribution is -2.32. The van der Waals surface area contributed by atoms with E-state index in [1.54, 1.807) is 23.5 Å². The van der Waals surface area contributed by atoms with E-state index in [9.17, 15) is 9.18 Å². The minimum Gasteiger partial charge on any atom is -0.293 e. The van der Waals surface area contributed by atoms with Crippen molar-refractivity contribution >= 4 is 29.3 Å². The highest BCUT2D eigenvalue weighted by Crippen LogP contribution is 2.34. The van der Waals surface area contributed by atoms with Gasteiger partial charge in [0.2, 0.25) is 0 Å². The third-order valence-electron chi connectivity index (χ3n) is 3.12. The Bertz CT molecular complexity index is 450. The predicted octanol–water partition coefficient (Wildman–Crippen LogP) is 3.86. The van der Waals surface area contributed by atoms with Gasteiger partial charge in [-0.05, 0) is 31.0 Å². The standard InChI is InChI=1S/C14H17FOS2/c1-8-6-9(2)12(11(15)7-8)13(16)14-10(3)17-4-5-18-14/h6-7,10,14H,4-5H2,1-3H3. The first kappa shape index (κ1) is 13.9. The molecule has 2 rings (SSSR count). The van der Waals surface area contributed by atoms with E-state index in [2.05, 4.69) is 6.92 Å². The average molecular weight is 284 g/mol. The molecule has 0 N–H and O–H groups in total. The molecule has 1 nitrogen and oxygen atoms in total. The molecule has 0 amide bonds. The Morgan fingerprint density at radius 1 is 1.28 bits per heavy atom. The van der Waals surface area contributed by atoms with Crippen LogP contribution in [0.4, 0.5) is 4.39 Å². The second-order valence-electron chi connectivity index (χ2n) is 4.67. The van der Waals surface area contributed by atoms with Crippen molar-refractivity contribution in [2.24, 2.45) is 0 Å². The van der Waals surface area contributed by atoms with Crippen LogP contribution < -0.4 is 0 Å². The fourth-order valence-electron chi connectivity index (χ4n) is 2.29. The molecule has 2 unspecified atom stereocenters. The van der Waals surface area contributed by atoms with Crippen LogP contribution in [0.25, 0.3) is 0 Å². The third-order valence-corrected chi connectivity index (χ3v) is 6.21. The second kappa shape index (κ2) is 5.66. The molecule has 98 valence electrons. The van der Waals surface area contributed by atoms with Crippen LogP contribution in [0.15, 0.2) is 12.1 Å². The largest absolute Gasteiger partial charge is 0.293 e. The van der Waals surface area contributed by atoms with Crippen molar-refractivity contribution in [2.75, 3.05) is 11.5 Å². The fraction of sp³-hybridized carbons (Fsp3) is 0.500. The van der Waals surface area contributed by atoms with Crippen LogP contribution in [-0.4, -0.2) is 27.8 Å². The molecule has 2 atom stereocenters. The van der Waals surface area contributed by atoms with Gasteiger partial charge in [0, 0.05) is 16.8 Å². The Morgan fingerprint density at radius 2 is 1.94 bits per heavy atom. The summed E-state index contributed by atoms with van der Waals surface area (Å²) in [5.74, 6) is 1.62. The number of ketones is 1. The van der Waals surface area contributed by atoms with E-state index >= 15 is 0 Å². The highest BCUT2D eigenvalue weighted by atomic mass is 32.2. The Morgan fingerprint density at radius 3 is 2.56 bits per heavy atom. The highest BCUT2D eigenvalue weighted by molar-refractivity contribution is 8.07. The van der Waals surface area contributed by atoms with Gasteiger partial charge in [0.25, 0.3) is 0 Å².